The number of amides is 1. The molecule has 0 aliphatic carbocycles. The summed E-state index contributed by atoms with van der Waals surface area (Å²) in [6.45, 7) is 8.42. The molecular weight excluding hydrogens is 446 g/mol. The fraction of sp³-hybridized carbons (Fsp3) is 0.500. The molecule has 0 saturated carbocycles. The minimum atomic E-state index is -0.646. The van der Waals surface area contributed by atoms with Crippen molar-refractivity contribution in [2.45, 2.75) is 44.7 Å². The normalized spacial score (nSPS) is 24.3. The molecule has 3 atom stereocenters. The summed E-state index contributed by atoms with van der Waals surface area (Å²) in [6, 6.07) is 6.75. The third-order valence-corrected chi connectivity index (χ3v) is 7.06. The molecular formula is C26H31F4N3O. The summed E-state index contributed by atoms with van der Waals surface area (Å²) in [4.78, 5) is 17.6. The fourth-order valence-electron chi connectivity index (χ4n) is 5.10. The van der Waals surface area contributed by atoms with Crippen LogP contribution in [0.15, 0.2) is 36.4 Å². The molecule has 2 saturated heterocycles. The van der Waals surface area contributed by atoms with Gasteiger partial charge in [-0.15, -0.1) is 0 Å². The molecule has 1 unspecified atom stereocenters. The monoisotopic (exact) mass is 477 g/mol. The molecule has 4 nitrogen and oxygen atoms in total. The second-order valence-electron chi connectivity index (χ2n) is 10.2. The van der Waals surface area contributed by atoms with E-state index >= 15 is 0 Å². The topological polar surface area (TPSA) is 35.6 Å². The van der Waals surface area contributed by atoms with Crippen molar-refractivity contribution in [2.24, 2.45) is 5.92 Å². The lowest BCUT2D eigenvalue weighted by molar-refractivity contribution is -0.135. The van der Waals surface area contributed by atoms with Crippen LogP contribution in [-0.4, -0.2) is 54.0 Å². The van der Waals surface area contributed by atoms with Gasteiger partial charge >= 0.3 is 0 Å². The number of hydrogen-bond donors (Lipinski definition) is 1. The van der Waals surface area contributed by atoms with Crippen molar-refractivity contribution in [3.05, 3.63) is 70.8 Å². The summed E-state index contributed by atoms with van der Waals surface area (Å²) in [5, 5.41) is 3.26. The average molecular weight is 478 g/mol. The third-order valence-electron chi connectivity index (χ3n) is 7.06. The highest BCUT2D eigenvalue weighted by Crippen LogP contribution is 2.38. The molecule has 2 aliphatic rings. The Balaban J connectivity index is 1.54. The van der Waals surface area contributed by atoms with Gasteiger partial charge in [-0.1, -0.05) is 12.1 Å². The minimum absolute atomic E-state index is 0.0810. The van der Waals surface area contributed by atoms with E-state index < -0.39 is 35.1 Å². The Morgan fingerprint density at radius 2 is 1.53 bits per heavy atom. The van der Waals surface area contributed by atoms with Crippen LogP contribution < -0.4 is 5.32 Å². The van der Waals surface area contributed by atoms with Crippen molar-refractivity contribution in [1.29, 1.82) is 0 Å². The summed E-state index contributed by atoms with van der Waals surface area (Å²) in [7, 11) is 0. The van der Waals surface area contributed by atoms with Gasteiger partial charge in [-0.05, 0) is 44.9 Å². The number of likely N-dealkylation sites (tertiary alicyclic amines) is 1. The molecule has 2 aromatic carbocycles. The second kappa shape index (κ2) is 9.66. The lowest BCUT2D eigenvalue weighted by Gasteiger charge is -2.32. The smallest absolute Gasteiger partial charge is 0.227 e. The maximum Gasteiger partial charge on any atom is 0.227 e. The Morgan fingerprint density at radius 3 is 2.12 bits per heavy atom. The lowest BCUT2D eigenvalue weighted by atomic mass is 9.87. The van der Waals surface area contributed by atoms with Crippen LogP contribution in [0.4, 0.5) is 17.6 Å². The highest BCUT2D eigenvalue weighted by atomic mass is 19.1. The zero-order valence-corrected chi connectivity index (χ0v) is 19.8. The van der Waals surface area contributed by atoms with Gasteiger partial charge in [0.2, 0.25) is 5.91 Å². The van der Waals surface area contributed by atoms with Crippen LogP contribution in [0.5, 0.6) is 0 Å². The largest absolute Gasteiger partial charge is 0.341 e. The first kappa shape index (κ1) is 24.7. The Morgan fingerprint density at radius 1 is 0.912 bits per heavy atom. The molecule has 0 aromatic heterocycles. The first-order valence-corrected chi connectivity index (χ1v) is 11.7. The van der Waals surface area contributed by atoms with Crippen molar-refractivity contribution in [1.82, 2.24) is 15.1 Å². The Kier molecular flexibility index (Phi) is 7.01. The highest BCUT2D eigenvalue weighted by molar-refractivity contribution is 5.81. The number of carbonyl (C=O) groups excluding carboxylic acids is 1. The van der Waals surface area contributed by atoms with Gasteiger partial charge in [0.15, 0.2) is 0 Å². The lowest BCUT2D eigenvalue weighted by Crippen LogP contribution is -2.43. The van der Waals surface area contributed by atoms with E-state index in [0.29, 0.717) is 50.3 Å². The number of hydrogen-bond acceptors (Lipinski definition) is 3. The number of carbonyl (C=O) groups is 1. The van der Waals surface area contributed by atoms with Gasteiger partial charge in [-0.2, -0.15) is 0 Å². The molecule has 1 amide bonds. The van der Waals surface area contributed by atoms with E-state index in [1.54, 1.807) is 4.90 Å². The number of rotatable bonds is 3. The SMILES string of the molecule is CC(C)(C)N1C[C@@H](C(=O)N2CCNC(c3ccc(F)cc3F)CC2)[C@H](c2ccc(F)cc2F)C1. The van der Waals surface area contributed by atoms with E-state index in [0.717, 1.165) is 12.1 Å². The van der Waals surface area contributed by atoms with Gasteiger partial charge in [0.05, 0.1) is 5.92 Å². The van der Waals surface area contributed by atoms with E-state index in [1.165, 1.54) is 24.3 Å². The van der Waals surface area contributed by atoms with Gasteiger partial charge in [0.1, 0.15) is 23.3 Å². The number of nitrogens with one attached hydrogen (secondary N) is 1. The van der Waals surface area contributed by atoms with E-state index in [9.17, 15) is 22.4 Å². The molecule has 34 heavy (non-hydrogen) atoms. The molecule has 2 aromatic rings. The quantitative estimate of drug-likeness (QED) is 0.656. The third kappa shape index (κ3) is 5.13. The zero-order chi connectivity index (χ0) is 24.6. The predicted octanol–water partition coefficient (Wildman–Crippen LogP) is 4.62. The van der Waals surface area contributed by atoms with Crippen LogP contribution in [0.1, 0.15) is 50.3 Å². The summed E-state index contributed by atoms with van der Waals surface area (Å²) in [6.07, 6.45) is 0.472. The molecule has 8 heteroatoms. The van der Waals surface area contributed by atoms with Gasteiger partial charge in [-0.3, -0.25) is 9.69 Å². The first-order valence-electron chi connectivity index (χ1n) is 11.7. The first-order chi connectivity index (χ1) is 16.0. The van der Waals surface area contributed by atoms with Crippen molar-refractivity contribution in [2.75, 3.05) is 32.7 Å². The second-order valence-corrected chi connectivity index (χ2v) is 10.2. The number of halogens is 4. The van der Waals surface area contributed by atoms with Crippen LogP contribution in [0, 0.1) is 29.2 Å². The number of nitrogens with zero attached hydrogens (tertiary/aromatic N) is 2. The Bertz CT molecular complexity index is 1050. The molecule has 1 N–H and O–H groups in total. The molecule has 184 valence electrons. The molecule has 2 aliphatic heterocycles. The van der Waals surface area contributed by atoms with Crippen LogP contribution in [0.2, 0.25) is 0 Å². The van der Waals surface area contributed by atoms with Gasteiger partial charge < -0.3 is 10.2 Å². The molecule has 0 spiro atoms. The van der Waals surface area contributed by atoms with Crippen LogP contribution >= 0.6 is 0 Å². The number of benzene rings is 2. The van der Waals surface area contributed by atoms with Crippen molar-refractivity contribution in [3.63, 3.8) is 0 Å². The van der Waals surface area contributed by atoms with Crippen LogP contribution in [0.25, 0.3) is 0 Å². The van der Waals surface area contributed by atoms with E-state index in [2.05, 4.69) is 31.0 Å². The van der Waals surface area contributed by atoms with E-state index in [4.69, 9.17) is 0 Å². The van der Waals surface area contributed by atoms with Gasteiger partial charge in [0, 0.05) is 67.9 Å². The van der Waals surface area contributed by atoms with Crippen molar-refractivity contribution < 1.29 is 22.4 Å². The van der Waals surface area contributed by atoms with Crippen molar-refractivity contribution >= 4 is 5.91 Å². The van der Waals surface area contributed by atoms with Gasteiger partial charge in [0.25, 0.3) is 0 Å². The van der Waals surface area contributed by atoms with E-state index in [1.807, 2.05) is 0 Å². The Hall–Kier alpha value is -2.45. The maximum atomic E-state index is 14.7. The standard InChI is InChI=1S/C26H31F4N3O/c1-26(2,3)33-14-20(18-6-4-16(27)12-22(18)29)21(15-33)25(34)32-10-8-24(31-9-11-32)19-7-5-17(28)13-23(19)30/h4-7,12-13,20-21,24,31H,8-11,14-15H2,1-3H3/t20-,21+,24?/m0/s1. The Labute approximate surface area is 197 Å². The molecule has 2 heterocycles. The maximum absolute atomic E-state index is 14.7. The summed E-state index contributed by atoms with van der Waals surface area (Å²) in [5.41, 5.74) is 0.516. The zero-order valence-electron chi connectivity index (χ0n) is 19.8. The fourth-order valence-corrected chi connectivity index (χ4v) is 5.10. The molecule has 0 radical (unpaired) electrons. The molecule has 0 bridgehead atoms. The minimum Gasteiger partial charge on any atom is -0.341 e. The predicted molar refractivity (Wildman–Crippen MR) is 122 cm³/mol. The summed E-state index contributed by atoms with van der Waals surface area (Å²) < 4.78 is 55.9. The molecule has 2 fully saturated rings. The summed E-state index contributed by atoms with van der Waals surface area (Å²) >= 11 is 0. The molecule has 4 rings (SSSR count). The average Bonchev–Trinajstić information content (AvgIpc) is 3.06. The van der Waals surface area contributed by atoms with Gasteiger partial charge in [-0.25, -0.2) is 17.6 Å². The highest BCUT2D eigenvalue weighted by Gasteiger charge is 2.44. The van der Waals surface area contributed by atoms with Crippen LogP contribution in [0.3, 0.4) is 0 Å². The summed E-state index contributed by atoms with van der Waals surface area (Å²) in [5.74, 6) is -3.47. The van der Waals surface area contributed by atoms with E-state index in [-0.39, 0.29) is 17.5 Å². The van der Waals surface area contributed by atoms with Crippen LogP contribution in [-0.2, 0) is 4.79 Å². The van der Waals surface area contributed by atoms with Crippen molar-refractivity contribution in [3.8, 4) is 0 Å².